The van der Waals surface area contributed by atoms with E-state index >= 15 is 0 Å². The number of rotatable bonds is 6. The first-order valence-corrected chi connectivity index (χ1v) is 12.2. The molecular formula is C19H22N2O5S2. The molecule has 1 aliphatic heterocycles. The van der Waals surface area contributed by atoms with Crippen molar-refractivity contribution in [3.63, 3.8) is 0 Å². The summed E-state index contributed by atoms with van der Waals surface area (Å²) in [5.74, 6) is -0.175. The largest absolute Gasteiger partial charge is 0.335 e. The lowest BCUT2D eigenvalue weighted by molar-refractivity contribution is 0.0708. The number of nitrogens with zero attached hydrogens (tertiary/aromatic N) is 1. The molecule has 0 saturated carbocycles. The summed E-state index contributed by atoms with van der Waals surface area (Å²) in [6.45, 7) is 2.21. The van der Waals surface area contributed by atoms with Crippen LogP contribution < -0.4 is 4.72 Å². The van der Waals surface area contributed by atoms with Gasteiger partial charge in [-0.05, 0) is 49.7 Å². The van der Waals surface area contributed by atoms with Crippen LogP contribution >= 0.6 is 0 Å². The lowest BCUT2D eigenvalue weighted by Gasteiger charge is -2.27. The van der Waals surface area contributed by atoms with Gasteiger partial charge in [-0.15, -0.1) is 0 Å². The van der Waals surface area contributed by atoms with Gasteiger partial charge in [0.05, 0.1) is 16.4 Å². The molecule has 0 bridgehead atoms. The third-order valence-corrected chi connectivity index (χ3v) is 7.84. The Morgan fingerprint density at radius 1 is 1.11 bits per heavy atom. The van der Waals surface area contributed by atoms with E-state index in [0.717, 1.165) is 0 Å². The number of carbonyl (C=O) groups is 1. The normalized spacial score (nSPS) is 18.5. The maximum Gasteiger partial charge on any atom is 0.261 e. The number of anilines is 1. The number of hydrogen-bond acceptors (Lipinski definition) is 5. The predicted molar refractivity (Wildman–Crippen MR) is 107 cm³/mol. The first kappa shape index (κ1) is 20.3. The molecule has 1 fully saturated rings. The van der Waals surface area contributed by atoms with E-state index in [2.05, 4.69) is 4.72 Å². The second kappa shape index (κ2) is 7.92. The monoisotopic (exact) mass is 422 g/mol. The second-order valence-electron chi connectivity index (χ2n) is 6.64. The average Bonchev–Trinajstić information content (AvgIpc) is 3.03. The van der Waals surface area contributed by atoms with Crippen molar-refractivity contribution in [2.45, 2.75) is 24.3 Å². The standard InChI is InChI=1S/C19H22N2O5S2/c1-2-21(17-12-13-27(23,24)14-17)19(22)15-8-10-16(11-9-15)20-28(25,26)18-6-4-3-5-7-18/h3-11,17,20H,2,12-14H2,1H3/t17-/m1/s1. The number of carbonyl (C=O) groups excluding carboxylic acids is 1. The smallest absolute Gasteiger partial charge is 0.261 e. The van der Waals surface area contributed by atoms with Gasteiger partial charge in [0.2, 0.25) is 0 Å². The molecule has 0 spiro atoms. The second-order valence-corrected chi connectivity index (χ2v) is 10.6. The summed E-state index contributed by atoms with van der Waals surface area (Å²) < 4.78 is 50.6. The van der Waals surface area contributed by atoms with Crippen molar-refractivity contribution in [3.8, 4) is 0 Å². The van der Waals surface area contributed by atoms with Crippen molar-refractivity contribution < 1.29 is 21.6 Å². The van der Waals surface area contributed by atoms with Crippen LogP contribution in [0.4, 0.5) is 5.69 Å². The minimum absolute atomic E-state index is 0.0124. The number of nitrogens with one attached hydrogen (secondary N) is 1. The maximum atomic E-state index is 12.8. The summed E-state index contributed by atoms with van der Waals surface area (Å²) in [6.07, 6.45) is 0.441. The predicted octanol–water partition coefficient (Wildman–Crippen LogP) is 2.14. The Morgan fingerprint density at radius 3 is 2.29 bits per heavy atom. The number of sulfone groups is 1. The third-order valence-electron chi connectivity index (χ3n) is 4.69. The third kappa shape index (κ3) is 4.53. The van der Waals surface area contributed by atoms with Crippen LogP contribution in [0.15, 0.2) is 59.5 Å². The Balaban J connectivity index is 1.74. The summed E-state index contributed by atoms with van der Waals surface area (Å²) in [7, 11) is -6.80. The molecular weight excluding hydrogens is 400 g/mol. The highest BCUT2D eigenvalue weighted by atomic mass is 32.2. The highest BCUT2D eigenvalue weighted by molar-refractivity contribution is 7.92. The highest BCUT2D eigenvalue weighted by Gasteiger charge is 2.34. The Hall–Kier alpha value is -2.39. The molecule has 9 heteroatoms. The van der Waals surface area contributed by atoms with Gasteiger partial charge in [0, 0.05) is 23.8 Å². The summed E-state index contributed by atoms with van der Waals surface area (Å²) >= 11 is 0. The molecule has 1 saturated heterocycles. The van der Waals surface area contributed by atoms with Crippen LogP contribution in [0, 0.1) is 0 Å². The van der Waals surface area contributed by atoms with Gasteiger partial charge >= 0.3 is 0 Å². The molecule has 1 atom stereocenters. The van der Waals surface area contributed by atoms with E-state index < -0.39 is 19.9 Å². The zero-order chi connectivity index (χ0) is 20.4. The van der Waals surface area contributed by atoms with Gasteiger partial charge in [-0.25, -0.2) is 16.8 Å². The van der Waals surface area contributed by atoms with E-state index in [4.69, 9.17) is 0 Å². The summed E-state index contributed by atoms with van der Waals surface area (Å²) in [6, 6.07) is 13.8. The van der Waals surface area contributed by atoms with Crippen molar-refractivity contribution in [2.24, 2.45) is 0 Å². The van der Waals surface area contributed by atoms with Crippen molar-refractivity contribution in [3.05, 3.63) is 60.2 Å². The number of hydrogen-bond donors (Lipinski definition) is 1. The van der Waals surface area contributed by atoms with Gasteiger partial charge in [-0.1, -0.05) is 18.2 Å². The Bertz CT molecular complexity index is 1050. The molecule has 3 rings (SSSR count). The highest BCUT2D eigenvalue weighted by Crippen LogP contribution is 2.21. The molecule has 1 aliphatic rings. The first-order chi connectivity index (χ1) is 13.2. The average molecular weight is 423 g/mol. The number of sulfonamides is 1. The van der Waals surface area contributed by atoms with Gasteiger partial charge in [0.15, 0.2) is 9.84 Å². The van der Waals surface area contributed by atoms with Crippen LogP contribution in [0.25, 0.3) is 0 Å². The molecule has 0 unspecified atom stereocenters. The quantitative estimate of drug-likeness (QED) is 0.769. The lowest BCUT2D eigenvalue weighted by Crippen LogP contribution is -2.40. The van der Waals surface area contributed by atoms with E-state index in [1.54, 1.807) is 23.1 Å². The van der Waals surface area contributed by atoms with Crippen molar-refractivity contribution in [1.29, 1.82) is 0 Å². The van der Waals surface area contributed by atoms with Crippen molar-refractivity contribution in [2.75, 3.05) is 22.8 Å². The molecule has 0 radical (unpaired) electrons. The van der Waals surface area contributed by atoms with Crippen LogP contribution in [-0.2, 0) is 19.9 Å². The Morgan fingerprint density at radius 2 is 1.75 bits per heavy atom. The fraction of sp³-hybridized carbons (Fsp3) is 0.316. The zero-order valence-corrected chi connectivity index (χ0v) is 17.0. The zero-order valence-electron chi connectivity index (χ0n) is 15.4. The van der Waals surface area contributed by atoms with Gasteiger partial charge in [0.25, 0.3) is 15.9 Å². The summed E-state index contributed by atoms with van der Waals surface area (Å²) in [5.41, 5.74) is 0.723. The Kier molecular flexibility index (Phi) is 5.76. The molecule has 1 N–H and O–H groups in total. The van der Waals surface area contributed by atoms with Gasteiger partial charge in [-0.2, -0.15) is 0 Å². The summed E-state index contributed by atoms with van der Waals surface area (Å²) in [5, 5.41) is 0. The minimum Gasteiger partial charge on any atom is -0.335 e. The van der Waals surface area contributed by atoms with E-state index in [1.165, 1.54) is 36.4 Å². The molecule has 0 aliphatic carbocycles. The lowest BCUT2D eigenvalue weighted by atomic mass is 10.1. The molecule has 28 heavy (non-hydrogen) atoms. The molecule has 2 aromatic rings. The van der Waals surface area contributed by atoms with Crippen molar-refractivity contribution in [1.82, 2.24) is 4.90 Å². The molecule has 0 aromatic heterocycles. The van der Waals surface area contributed by atoms with E-state index in [1.807, 2.05) is 6.92 Å². The number of amides is 1. The van der Waals surface area contributed by atoms with Gasteiger partial charge < -0.3 is 4.90 Å². The minimum atomic E-state index is -3.71. The van der Waals surface area contributed by atoms with E-state index in [9.17, 15) is 21.6 Å². The fourth-order valence-electron chi connectivity index (χ4n) is 3.25. The summed E-state index contributed by atoms with van der Waals surface area (Å²) in [4.78, 5) is 14.5. The molecule has 1 amide bonds. The topological polar surface area (TPSA) is 101 Å². The molecule has 7 nitrogen and oxygen atoms in total. The maximum absolute atomic E-state index is 12.8. The van der Waals surface area contributed by atoms with Crippen LogP contribution in [0.2, 0.25) is 0 Å². The molecule has 150 valence electrons. The van der Waals surface area contributed by atoms with Crippen LogP contribution in [0.3, 0.4) is 0 Å². The molecule has 2 aromatic carbocycles. The van der Waals surface area contributed by atoms with Gasteiger partial charge in [-0.3, -0.25) is 9.52 Å². The van der Waals surface area contributed by atoms with Crippen molar-refractivity contribution >= 4 is 31.5 Å². The van der Waals surface area contributed by atoms with Crippen LogP contribution in [-0.4, -0.2) is 51.7 Å². The first-order valence-electron chi connectivity index (χ1n) is 8.91. The Labute approximate surface area is 165 Å². The van der Waals surface area contributed by atoms with E-state index in [0.29, 0.717) is 24.2 Å². The fourth-order valence-corrected chi connectivity index (χ4v) is 6.06. The van der Waals surface area contributed by atoms with Crippen LogP contribution in [0.1, 0.15) is 23.7 Å². The molecule has 1 heterocycles. The van der Waals surface area contributed by atoms with E-state index in [-0.39, 0.29) is 28.4 Å². The van der Waals surface area contributed by atoms with Crippen LogP contribution in [0.5, 0.6) is 0 Å². The SMILES string of the molecule is CCN(C(=O)c1ccc(NS(=O)(=O)c2ccccc2)cc1)[C@@H]1CCS(=O)(=O)C1. The van der Waals surface area contributed by atoms with Gasteiger partial charge in [0.1, 0.15) is 0 Å². The number of benzene rings is 2.